The van der Waals surface area contributed by atoms with Crippen molar-refractivity contribution in [3.05, 3.63) is 65.2 Å². The number of benzene rings is 2. The molecule has 0 atom stereocenters. The van der Waals surface area contributed by atoms with E-state index in [0.717, 1.165) is 11.1 Å². The van der Waals surface area contributed by atoms with Crippen LogP contribution >= 0.6 is 0 Å². The third-order valence-corrected chi connectivity index (χ3v) is 4.04. The highest BCUT2D eigenvalue weighted by molar-refractivity contribution is 5.95. The molecule has 0 spiro atoms. The summed E-state index contributed by atoms with van der Waals surface area (Å²) in [6.45, 7) is 1.87. The van der Waals surface area contributed by atoms with Crippen molar-refractivity contribution in [2.45, 2.75) is 19.9 Å². The monoisotopic (exact) mass is 384 g/mol. The molecule has 0 aliphatic rings. The van der Waals surface area contributed by atoms with E-state index in [0.29, 0.717) is 11.3 Å². The van der Waals surface area contributed by atoms with Gasteiger partial charge in [0.05, 0.1) is 13.5 Å². The van der Waals surface area contributed by atoms with Crippen molar-refractivity contribution < 1.29 is 23.9 Å². The van der Waals surface area contributed by atoms with E-state index in [9.17, 15) is 14.4 Å². The minimum absolute atomic E-state index is 0.0165. The van der Waals surface area contributed by atoms with Crippen molar-refractivity contribution in [2.24, 2.45) is 0 Å². The van der Waals surface area contributed by atoms with E-state index in [4.69, 9.17) is 9.47 Å². The molecule has 0 fully saturated rings. The molecular formula is C21H24N2O5. The SMILES string of the molecule is COc1ccccc1CNC(=O)COC(=O)CCNC(=O)c1ccccc1C. The molecule has 7 heteroatoms. The van der Waals surface area contributed by atoms with Crippen molar-refractivity contribution >= 4 is 17.8 Å². The lowest BCUT2D eigenvalue weighted by Gasteiger charge is -2.10. The molecule has 0 radical (unpaired) electrons. The number of ether oxygens (including phenoxy) is 2. The van der Waals surface area contributed by atoms with Crippen LogP contribution in [0.15, 0.2) is 48.5 Å². The number of para-hydroxylation sites is 1. The fourth-order valence-electron chi connectivity index (χ4n) is 2.51. The summed E-state index contributed by atoms with van der Waals surface area (Å²) >= 11 is 0. The smallest absolute Gasteiger partial charge is 0.308 e. The van der Waals surface area contributed by atoms with Crippen LogP contribution in [0.3, 0.4) is 0 Å². The zero-order chi connectivity index (χ0) is 20.4. The van der Waals surface area contributed by atoms with Crippen LogP contribution in [0, 0.1) is 6.92 Å². The third kappa shape index (κ3) is 6.42. The van der Waals surface area contributed by atoms with E-state index in [-0.39, 0.29) is 32.0 Å². The topological polar surface area (TPSA) is 93.7 Å². The average molecular weight is 384 g/mol. The minimum atomic E-state index is -0.558. The molecule has 2 aromatic carbocycles. The Balaban J connectivity index is 1.66. The van der Waals surface area contributed by atoms with Crippen molar-refractivity contribution in [1.82, 2.24) is 10.6 Å². The number of aryl methyl sites for hydroxylation is 1. The lowest BCUT2D eigenvalue weighted by Crippen LogP contribution is -2.30. The molecule has 2 amide bonds. The van der Waals surface area contributed by atoms with E-state index in [1.54, 1.807) is 25.3 Å². The first kappa shape index (κ1) is 21.0. The van der Waals surface area contributed by atoms with Gasteiger partial charge in [0.25, 0.3) is 11.8 Å². The number of esters is 1. The summed E-state index contributed by atoms with van der Waals surface area (Å²) in [5, 5.41) is 5.33. The quantitative estimate of drug-likeness (QED) is 0.645. The summed E-state index contributed by atoms with van der Waals surface area (Å²) in [7, 11) is 1.56. The van der Waals surface area contributed by atoms with Crippen LogP contribution in [0.1, 0.15) is 27.9 Å². The summed E-state index contributed by atoms with van der Waals surface area (Å²) in [5.41, 5.74) is 2.24. The number of hydrogen-bond acceptors (Lipinski definition) is 5. The minimum Gasteiger partial charge on any atom is -0.496 e. The fourth-order valence-corrected chi connectivity index (χ4v) is 2.51. The highest BCUT2D eigenvalue weighted by Gasteiger charge is 2.11. The van der Waals surface area contributed by atoms with Gasteiger partial charge in [0.2, 0.25) is 0 Å². The average Bonchev–Trinajstić information content (AvgIpc) is 2.71. The molecule has 0 heterocycles. The molecule has 2 N–H and O–H groups in total. The Kier molecular flexibility index (Phi) is 8.02. The molecule has 0 saturated heterocycles. The Morgan fingerprint density at radius 1 is 0.964 bits per heavy atom. The van der Waals surface area contributed by atoms with Gasteiger partial charge in [-0.3, -0.25) is 14.4 Å². The Labute approximate surface area is 164 Å². The second-order valence-corrected chi connectivity index (χ2v) is 6.07. The zero-order valence-corrected chi connectivity index (χ0v) is 16.0. The van der Waals surface area contributed by atoms with Gasteiger partial charge in [-0.05, 0) is 24.6 Å². The highest BCUT2D eigenvalue weighted by Crippen LogP contribution is 2.16. The number of amides is 2. The van der Waals surface area contributed by atoms with Crippen molar-refractivity contribution in [3.8, 4) is 5.75 Å². The Morgan fingerprint density at radius 3 is 2.43 bits per heavy atom. The molecule has 7 nitrogen and oxygen atoms in total. The maximum atomic E-state index is 12.0. The van der Waals surface area contributed by atoms with Crippen LogP contribution in [0.2, 0.25) is 0 Å². The zero-order valence-electron chi connectivity index (χ0n) is 16.0. The maximum Gasteiger partial charge on any atom is 0.308 e. The largest absolute Gasteiger partial charge is 0.496 e. The van der Waals surface area contributed by atoms with Gasteiger partial charge in [-0.1, -0.05) is 36.4 Å². The van der Waals surface area contributed by atoms with Gasteiger partial charge in [0, 0.05) is 24.2 Å². The summed E-state index contributed by atoms with van der Waals surface area (Å²) in [6, 6.07) is 14.5. The van der Waals surface area contributed by atoms with Crippen LogP contribution in [0.4, 0.5) is 0 Å². The predicted molar refractivity (Wildman–Crippen MR) is 104 cm³/mol. The second kappa shape index (κ2) is 10.7. The molecule has 0 bridgehead atoms. The summed E-state index contributed by atoms with van der Waals surface area (Å²) in [6.07, 6.45) is -0.0165. The van der Waals surface area contributed by atoms with E-state index < -0.39 is 11.9 Å². The van der Waals surface area contributed by atoms with Crippen LogP contribution in [0.25, 0.3) is 0 Å². The Morgan fingerprint density at radius 2 is 1.68 bits per heavy atom. The summed E-state index contributed by atoms with van der Waals surface area (Å²) in [4.78, 5) is 35.6. The molecule has 2 rings (SSSR count). The number of carbonyl (C=O) groups is 3. The fraction of sp³-hybridized carbons (Fsp3) is 0.286. The molecule has 148 valence electrons. The van der Waals surface area contributed by atoms with Gasteiger partial charge >= 0.3 is 5.97 Å². The number of nitrogens with one attached hydrogen (secondary N) is 2. The maximum absolute atomic E-state index is 12.0. The number of rotatable bonds is 9. The van der Waals surface area contributed by atoms with Crippen LogP contribution in [-0.2, 0) is 20.9 Å². The third-order valence-electron chi connectivity index (χ3n) is 4.04. The molecule has 0 aliphatic carbocycles. The Hall–Kier alpha value is -3.35. The van der Waals surface area contributed by atoms with Gasteiger partial charge < -0.3 is 20.1 Å². The molecule has 28 heavy (non-hydrogen) atoms. The molecule has 0 saturated carbocycles. The number of hydrogen-bond donors (Lipinski definition) is 2. The molecule has 2 aromatic rings. The molecular weight excluding hydrogens is 360 g/mol. The van der Waals surface area contributed by atoms with E-state index in [1.165, 1.54) is 0 Å². The van der Waals surface area contributed by atoms with Gasteiger partial charge in [-0.25, -0.2) is 0 Å². The molecule has 0 aromatic heterocycles. The standard InChI is InChI=1S/C21H24N2O5/c1-15-7-3-5-9-17(15)21(26)22-12-11-20(25)28-14-19(24)23-13-16-8-4-6-10-18(16)27-2/h3-10H,11-14H2,1-2H3,(H,22,26)(H,23,24). The predicted octanol–water partition coefficient (Wildman–Crippen LogP) is 1.98. The number of carbonyl (C=O) groups excluding carboxylic acids is 3. The first-order chi connectivity index (χ1) is 13.5. The lowest BCUT2D eigenvalue weighted by atomic mass is 10.1. The van der Waals surface area contributed by atoms with Gasteiger partial charge in [-0.15, -0.1) is 0 Å². The van der Waals surface area contributed by atoms with E-state index in [1.807, 2.05) is 37.3 Å². The second-order valence-electron chi connectivity index (χ2n) is 6.07. The molecule has 0 unspecified atom stereocenters. The van der Waals surface area contributed by atoms with Gasteiger partial charge in [0.1, 0.15) is 5.75 Å². The van der Waals surface area contributed by atoms with Crippen LogP contribution < -0.4 is 15.4 Å². The Bertz CT molecular complexity index is 835. The van der Waals surface area contributed by atoms with E-state index >= 15 is 0 Å². The lowest BCUT2D eigenvalue weighted by molar-refractivity contribution is -0.148. The van der Waals surface area contributed by atoms with Crippen molar-refractivity contribution in [1.29, 1.82) is 0 Å². The van der Waals surface area contributed by atoms with E-state index in [2.05, 4.69) is 10.6 Å². The van der Waals surface area contributed by atoms with Crippen molar-refractivity contribution in [3.63, 3.8) is 0 Å². The van der Waals surface area contributed by atoms with Crippen molar-refractivity contribution in [2.75, 3.05) is 20.3 Å². The first-order valence-corrected chi connectivity index (χ1v) is 8.89. The summed E-state index contributed by atoms with van der Waals surface area (Å²) < 4.78 is 10.1. The molecule has 0 aliphatic heterocycles. The van der Waals surface area contributed by atoms with Gasteiger partial charge in [-0.2, -0.15) is 0 Å². The first-order valence-electron chi connectivity index (χ1n) is 8.89. The van der Waals surface area contributed by atoms with Gasteiger partial charge in [0.15, 0.2) is 6.61 Å². The van der Waals surface area contributed by atoms with Crippen LogP contribution in [0.5, 0.6) is 5.75 Å². The van der Waals surface area contributed by atoms with Crippen LogP contribution in [-0.4, -0.2) is 38.0 Å². The highest BCUT2D eigenvalue weighted by atomic mass is 16.5. The normalized spacial score (nSPS) is 10.1. The number of methoxy groups -OCH3 is 1. The summed E-state index contributed by atoms with van der Waals surface area (Å²) in [5.74, 6) is -0.551.